The molecule has 1 N–H and O–H groups in total. The average Bonchev–Trinajstić information content (AvgIpc) is 2.91. The molecule has 0 unspecified atom stereocenters. The molecule has 2 aromatic rings. The maximum atomic E-state index is 12.5. The zero-order chi connectivity index (χ0) is 14.8. The number of fused-ring (bicyclic) bond motifs is 1. The first-order valence-corrected chi connectivity index (χ1v) is 7.19. The van der Waals surface area contributed by atoms with E-state index in [0.29, 0.717) is 5.75 Å². The van der Waals surface area contributed by atoms with E-state index in [1.165, 1.54) is 11.1 Å². The van der Waals surface area contributed by atoms with Crippen molar-refractivity contribution >= 4 is 11.6 Å². The molecule has 21 heavy (non-hydrogen) atoms. The van der Waals surface area contributed by atoms with Crippen molar-refractivity contribution in [2.45, 2.75) is 19.8 Å². The van der Waals surface area contributed by atoms with Crippen molar-refractivity contribution in [2.24, 2.45) is 5.92 Å². The van der Waals surface area contributed by atoms with Crippen LogP contribution in [0.2, 0.25) is 0 Å². The van der Waals surface area contributed by atoms with Crippen LogP contribution in [0.5, 0.6) is 5.75 Å². The highest BCUT2D eigenvalue weighted by Gasteiger charge is 2.27. The third-order valence-electron chi connectivity index (χ3n) is 4.03. The van der Waals surface area contributed by atoms with Crippen LogP contribution in [0.15, 0.2) is 42.5 Å². The summed E-state index contributed by atoms with van der Waals surface area (Å²) in [5.41, 5.74) is 4.42. The highest BCUT2D eigenvalue weighted by Crippen LogP contribution is 2.30. The first kappa shape index (κ1) is 13.7. The van der Waals surface area contributed by atoms with Gasteiger partial charge in [0.25, 0.3) is 0 Å². The lowest BCUT2D eigenvalue weighted by Gasteiger charge is -2.14. The van der Waals surface area contributed by atoms with Crippen LogP contribution in [0.3, 0.4) is 0 Å². The number of ether oxygens (including phenoxy) is 1. The summed E-state index contributed by atoms with van der Waals surface area (Å²) in [7, 11) is 1.62. The second kappa shape index (κ2) is 5.60. The highest BCUT2D eigenvalue weighted by atomic mass is 16.5. The Morgan fingerprint density at radius 1 is 1.14 bits per heavy atom. The van der Waals surface area contributed by atoms with Gasteiger partial charge in [-0.1, -0.05) is 30.3 Å². The molecule has 0 saturated carbocycles. The van der Waals surface area contributed by atoms with E-state index in [1.807, 2.05) is 37.3 Å². The largest absolute Gasteiger partial charge is 0.495 e. The van der Waals surface area contributed by atoms with Crippen LogP contribution in [-0.2, 0) is 17.6 Å². The number of carbonyl (C=O) groups is 1. The van der Waals surface area contributed by atoms with Crippen molar-refractivity contribution in [1.29, 1.82) is 0 Å². The minimum atomic E-state index is 0.00705. The van der Waals surface area contributed by atoms with Crippen LogP contribution in [0, 0.1) is 12.8 Å². The smallest absolute Gasteiger partial charge is 0.228 e. The Bertz CT molecular complexity index is 654. The predicted molar refractivity (Wildman–Crippen MR) is 83.7 cm³/mol. The molecule has 3 rings (SSSR count). The average molecular weight is 281 g/mol. The lowest BCUT2D eigenvalue weighted by atomic mass is 10.1. The number of nitrogens with one attached hydrogen (secondary N) is 1. The van der Waals surface area contributed by atoms with E-state index < -0.39 is 0 Å². The monoisotopic (exact) mass is 281 g/mol. The van der Waals surface area contributed by atoms with Crippen LogP contribution in [-0.4, -0.2) is 13.0 Å². The molecule has 0 heterocycles. The van der Waals surface area contributed by atoms with Crippen LogP contribution in [0.25, 0.3) is 0 Å². The molecule has 0 radical (unpaired) electrons. The third-order valence-corrected chi connectivity index (χ3v) is 4.03. The van der Waals surface area contributed by atoms with Gasteiger partial charge in [0.1, 0.15) is 5.75 Å². The van der Waals surface area contributed by atoms with E-state index in [4.69, 9.17) is 4.74 Å². The molecule has 0 spiro atoms. The number of benzene rings is 2. The Hall–Kier alpha value is -2.29. The molecule has 0 fully saturated rings. The number of anilines is 1. The van der Waals surface area contributed by atoms with E-state index in [2.05, 4.69) is 17.4 Å². The van der Waals surface area contributed by atoms with Gasteiger partial charge in [-0.05, 0) is 48.6 Å². The molecular formula is C18H19NO2. The molecule has 0 aromatic heterocycles. The summed E-state index contributed by atoms with van der Waals surface area (Å²) in [5, 5.41) is 3.02. The molecule has 0 saturated heterocycles. The third kappa shape index (κ3) is 2.77. The van der Waals surface area contributed by atoms with Gasteiger partial charge < -0.3 is 10.1 Å². The fourth-order valence-electron chi connectivity index (χ4n) is 2.90. The number of carbonyl (C=O) groups excluding carboxylic acids is 1. The van der Waals surface area contributed by atoms with Crippen molar-refractivity contribution in [3.05, 3.63) is 59.2 Å². The number of hydrogen-bond donors (Lipinski definition) is 1. The highest BCUT2D eigenvalue weighted by molar-refractivity contribution is 5.94. The lowest BCUT2D eigenvalue weighted by Crippen LogP contribution is -2.23. The van der Waals surface area contributed by atoms with E-state index in [9.17, 15) is 4.79 Å². The normalized spacial score (nSPS) is 13.8. The number of hydrogen-bond acceptors (Lipinski definition) is 2. The summed E-state index contributed by atoms with van der Waals surface area (Å²) in [4.78, 5) is 12.5. The van der Waals surface area contributed by atoms with Crippen LogP contribution in [0.1, 0.15) is 16.7 Å². The van der Waals surface area contributed by atoms with Gasteiger partial charge >= 0.3 is 0 Å². The quantitative estimate of drug-likeness (QED) is 0.937. The molecule has 1 amide bonds. The molecule has 0 atom stereocenters. The van der Waals surface area contributed by atoms with Crippen molar-refractivity contribution < 1.29 is 9.53 Å². The van der Waals surface area contributed by atoms with Gasteiger partial charge in [0.2, 0.25) is 5.91 Å². The van der Waals surface area contributed by atoms with Crippen molar-refractivity contribution in [3.63, 3.8) is 0 Å². The van der Waals surface area contributed by atoms with Gasteiger partial charge in [-0.3, -0.25) is 4.79 Å². The molecule has 2 aromatic carbocycles. The Morgan fingerprint density at radius 3 is 2.43 bits per heavy atom. The molecule has 1 aliphatic rings. The SMILES string of the molecule is COc1ccc(C)cc1NC(=O)C1Cc2ccccc2C1. The maximum absolute atomic E-state index is 12.5. The molecule has 3 nitrogen and oxygen atoms in total. The van der Waals surface area contributed by atoms with E-state index in [1.54, 1.807) is 7.11 Å². The second-order valence-corrected chi connectivity index (χ2v) is 5.57. The van der Waals surface area contributed by atoms with Crippen molar-refractivity contribution in [1.82, 2.24) is 0 Å². The van der Waals surface area contributed by atoms with Crippen LogP contribution < -0.4 is 10.1 Å². The Morgan fingerprint density at radius 2 is 1.81 bits per heavy atom. The van der Waals surface area contributed by atoms with E-state index in [0.717, 1.165) is 24.1 Å². The molecule has 3 heteroatoms. The van der Waals surface area contributed by atoms with Crippen LogP contribution in [0.4, 0.5) is 5.69 Å². The number of methoxy groups -OCH3 is 1. The van der Waals surface area contributed by atoms with Crippen molar-refractivity contribution in [2.75, 3.05) is 12.4 Å². The van der Waals surface area contributed by atoms with Gasteiger partial charge in [0.15, 0.2) is 0 Å². The number of rotatable bonds is 3. The van der Waals surface area contributed by atoms with E-state index >= 15 is 0 Å². The summed E-state index contributed by atoms with van der Waals surface area (Å²) in [6.07, 6.45) is 1.63. The Kier molecular flexibility index (Phi) is 3.65. The van der Waals surface area contributed by atoms with E-state index in [-0.39, 0.29) is 11.8 Å². The van der Waals surface area contributed by atoms with Crippen molar-refractivity contribution in [3.8, 4) is 5.75 Å². The van der Waals surface area contributed by atoms with Gasteiger partial charge in [-0.25, -0.2) is 0 Å². The fourth-order valence-corrected chi connectivity index (χ4v) is 2.90. The standard InChI is InChI=1S/C18H19NO2/c1-12-7-8-17(21-2)16(9-12)19-18(20)15-10-13-5-3-4-6-14(13)11-15/h3-9,15H,10-11H2,1-2H3,(H,19,20). The van der Waals surface area contributed by atoms with Gasteiger partial charge in [0.05, 0.1) is 12.8 Å². The topological polar surface area (TPSA) is 38.3 Å². The Labute approximate surface area is 124 Å². The van der Waals surface area contributed by atoms with Gasteiger partial charge in [-0.15, -0.1) is 0 Å². The minimum absolute atomic E-state index is 0.00705. The van der Waals surface area contributed by atoms with Gasteiger partial charge in [-0.2, -0.15) is 0 Å². The molecule has 108 valence electrons. The zero-order valence-corrected chi connectivity index (χ0v) is 12.3. The maximum Gasteiger partial charge on any atom is 0.228 e. The minimum Gasteiger partial charge on any atom is -0.495 e. The first-order valence-electron chi connectivity index (χ1n) is 7.19. The molecule has 1 aliphatic carbocycles. The van der Waals surface area contributed by atoms with Gasteiger partial charge in [0, 0.05) is 5.92 Å². The Balaban J connectivity index is 1.75. The summed E-state index contributed by atoms with van der Waals surface area (Å²) in [6, 6.07) is 14.1. The summed E-state index contributed by atoms with van der Waals surface area (Å²) in [5.74, 6) is 0.771. The predicted octanol–water partition coefficient (Wildman–Crippen LogP) is 3.36. The number of amides is 1. The number of aryl methyl sites for hydroxylation is 1. The molecular weight excluding hydrogens is 262 g/mol. The molecule has 0 bridgehead atoms. The summed E-state index contributed by atoms with van der Waals surface area (Å²) >= 11 is 0. The lowest BCUT2D eigenvalue weighted by molar-refractivity contribution is -0.119. The zero-order valence-electron chi connectivity index (χ0n) is 12.3. The van der Waals surface area contributed by atoms with Crippen LogP contribution >= 0.6 is 0 Å². The summed E-state index contributed by atoms with van der Waals surface area (Å²) < 4.78 is 5.31. The first-order chi connectivity index (χ1) is 10.2. The second-order valence-electron chi connectivity index (χ2n) is 5.57. The summed E-state index contributed by atoms with van der Waals surface area (Å²) in [6.45, 7) is 2.00. The fraction of sp³-hybridized carbons (Fsp3) is 0.278. The molecule has 0 aliphatic heterocycles.